The van der Waals surface area contributed by atoms with Gasteiger partial charge in [0, 0.05) is 53.5 Å². The number of aromatic amines is 1. The van der Waals surface area contributed by atoms with E-state index in [1.54, 1.807) is 24.8 Å². The van der Waals surface area contributed by atoms with E-state index in [9.17, 15) is 4.79 Å². The van der Waals surface area contributed by atoms with Gasteiger partial charge in [0.1, 0.15) is 5.82 Å². The van der Waals surface area contributed by atoms with E-state index in [1.807, 2.05) is 36.4 Å². The molecule has 0 spiro atoms. The zero-order valence-corrected chi connectivity index (χ0v) is 14.5. The van der Waals surface area contributed by atoms with Crippen LogP contribution in [-0.4, -0.2) is 25.7 Å². The summed E-state index contributed by atoms with van der Waals surface area (Å²) < 4.78 is 0. The maximum absolute atomic E-state index is 12.0. The van der Waals surface area contributed by atoms with Gasteiger partial charge in [-0.1, -0.05) is 12.1 Å². The van der Waals surface area contributed by atoms with Gasteiger partial charge in [-0.05, 0) is 42.3 Å². The highest BCUT2D eigenvalue weighted by molar-refractivity contribution is 6.01. The Kier molecular flexibility index (Phi) is 3.64. The zero-order chi connectivity index (χ0) is 18.2. The van der Waals surface area contributed by atoms with E-state index in [-0.39, 0.29) is 5.78 Å². The van der Waals surface area contributed by atoms with E-state index in [1.165, 1.54) is 0 Å². The number of ketones is 1. The van der Waals surface area contributed by atoms with Crippen LogP contribution >= 0.6 is 0 Å². The van der Waals surface area contributed by atoms with Gasteiger partial charge in [-0.15, -0.1) is 0 Å². The molecule has 5 heteroatoms. The molecule has 1 aromatic carbocycles. The molecule has 0 radical (unpaired) electrons. The second kappa shape index (κ2) is 6.29. The lowest BCUT2D eigenvalue weighted by Gasteiger charge is -2.05. The van der Waals surface area contributed by atoms with Crippen LogP contribution in [0.2, 0.25) is 0 Å². The van der Waals surface area contributed by atoms with Crippen LogP contribution in [0.4, 0.5) is 0 Å². The average Bonchev–Trinajstić information content (AvgIpc) is 3.33. The monoisotopic (exact) mass is 352 g/mol. The molecule has 0 atom stereocenters. The van der Waals surface area contributed by atoms with Gasteiger partial charge in [-0.2, -0.15) is 0 Å². The van der Waals surface area contributed by atoms with Gasteiger partial charge < -0.3 is 4.98 Å². The molecule has 0 aliphatic heterocycles. The number of nitrogens with one attached hydrogen (secondary N) is 1. The molecule has 5 nitrogen and oxygen atoms in total. The number of pyridine rings is 2. The van der Waals surface area contributed by atoms with Crippen LogP contribution < -0.4 is 0 Å². The highest BCUT2D eigenvalue weighted by Gasteiger charge is 2.22. The number of Topliss-reactive ketones (excluding diaryl/α,β-unsaturated/α-hetero) is 1. The molecule has 4 aromatic rings. The molecule has 1 aliphatic rings. The first-order valence-electron chi connectivity index (χ1n) is 8.87. The van der Waals surface area contributed by atoms with Gasteiger partial charge in [0.2, 0.25) is 0 Å². The maximum atomic E-state index is 12.0. The average molecular weight is 352 g/mol. The summed E-state index contributed by atoms with van der Waals surface area (Å²) in [6.07, 6.45) is 8.47. The molecule has 130 valence electrons. The van der Waals surface area contributed by atoms with E-state index in [2.05, 4.69) is 21.0 Å². The van der Waals surface area contributed by atoms with Crippen molar-refractivity contribution in [2.75, 3.05) is 0 Å². The van der Waals surface area contributed by atoms with Gasteiger partial charge in [-0.25, -0.2) is 4.98 Å². The van der Waals surface area contributed by atoms with Crippen molar-refractivity contribution in [3.8, 4) is 33.9 Å². The standard InChI is InChI=1S/C22H16N4O/c27-19-6-4-15-12-16(3-5-18(15)19)21-20(14-7-10-23-11-8-14)25-22(26-21)17-2-1-9-24-13-17/h1-3,5,7-13H,4,6H2,(H,25,26). The summed E-state index contributed by atoms with van der Waals surface area (Å²) in [5.41, 5.74) is 6.68. The first-order valence-corrected chi connectivity index (χ1v) is 8.87. The molecule has 0 saturated carbocycles. The molecular weight excluding hydrogens is 336 g/mol. The van der Waals surface area contributed by atoms with Gasteiger partial charge in [-0.3, -0.25) is 14.8 Å². The first kappa shape index (κ1) is 15.6. The summed E-state index contributed by atoms with van der Waals surface area (Å²) in [5.74, 6) is 0.991. The van der Waals surface area contributed by atoms with Crippen LogP contribution in [-0.2, 0) is 6.42 Å². The highest BCUT2D eigenvalue weighted by Crippen LogP contribution is 2.35. The van der Waals surface area contributed by atoms with Crippen molar-refractivity contribution in [3.05, 3.63) is 78.4 Å². The summed E-state index contributed by atoms with van der Waals surface area (Å²) in [7, 11) is 0. The minimum atomic E-state index is 0.226. The van der Waals surface area contributed by atoms with Crippen LogP contribution in [0.1, 0.15) is 22.3 Å². The largest absolute Gasteiger partial charge is 0.337 e. The van der Waals surface area contributed by atoms with Crippen molar-refractivity contribution in [1.29, 1.82) is 0 Å². The number of imidazole rings is 1. The fourth-order valence-electron chi connectivity index (χ4n) is 3.55. The van der Waals surface area contributed by atoms with Gasteiger partial charge in [0.05, 0.1) is 11.4 Å². The van der Waals surface area contributed by atoms with Crippen LogP contribution in [0.15, 0.2) is 67.3 Å². The molecule has 0 saturated heterocycles. The Hall–Kier alpha value is -3.60. The Labute approximate surface area is 156 Å². The summed E-state index contributed by atoms with van der Waals surface area (Å²) in [6, 6.07) is 13.8. The summed E-state index contributed by atoms with van der Waals surface area (Å²) in [4.78, 5) is 28.6. The van der Waals surface area contributed by atoms with Crippen LogP contribution in [0, 0.1) is 0 Å². The van der Waals surface area contributed by atoms with E-state index in [0.29, 0.717) is 6.42 Å². The van der Waals surface area contributed by atoms with Crippen LogP contribution in [0.25, 0.3) is 33.9 Å². The number of hydrogen-bond acceptors (Lipinski definition) is 4. The minimum absolute atomic E-state index is 0.226. The lowest BCUT2D eigenvalue weighted by molar-refractivity contribution is 0.0994. The molecular formula is C22H16N4O. The Balaban J connectivity index is 1.69. The normalized spacial score (nSPS) is 13.0. The van der Waals surface area contributed by atoms with Crippen molar-refractivity contribution >= 4 is 5.78 Å². The molecule has 1 N–H and O–H groups in total. The third-order valence-corrected chi connectivity index (χ3v) is 4.91. The number of hydrogen-bond donors (Lipinski definition) is 1. The molecule has 0 unspecified atom stereocenters. The lowest BCUT2D eigenvalue weighted by Crippen LogP contribution is -1.91. The fourth-order valence-corrected chi connectivity index (χ4v) is 3.55. The predicted molar refractivity (Wildman–Crippen MR) is 103 cm³/mol. The van der Waals surface area contributed by atoms with Crippen molar-refractivity contribution in [1.82, 2.24) is 19.9 Å². The first-order chi connectivity index (χ1) is 13.3. The molecule has 0 fully saturated rings. The second-order valence-corrected chi connectivity index (χ2v) is 6.58. The number of carbonyl (C=O) groups excluding carboxylic acids is 1. The smallest absolute Gasteiger partial charge is 0.163 e. The van der Waals surface area contributed by atoms with Crippen molar-refractivity contribution in [3.63, 3.8) is 0 Å². The topological polar surface area (TPSA) is 71.5 Å². The zero-order valence-electron chi connectivity index (χ0n) is 14.5. The summed E-state index contributed by atoms with van der Waals surface area (Å²) >= 11 is 0. The Morgan fingerprint density at radius 3 is 2.56 bits per heavy atom. The highest BCUT2D eigenvalue weighted by atomic mass is 16.1. The number of aryl methyl sites for hydroxylation is 1. The van der Waals surface area contributed by atoms with Gasteiger partial charge in [0.25, 0.3) is 0 Å². The van der Waals surface area contributed by atoms with Gasteiger partial charge >= 0.3 is 0 Å². The third kappa shape index (κ3) is 2.73. The number of benzene rings is 1. The maximum Gasteiger partial charge on any atom is 0.163 e. The minimum Gasteiger partial charge on any atom is -0.337 e. The summed E-state index contributed by atoms with van der Waals surface area (Å²) in [5, 5.41) is 0. The van der Waals surface area contributed by atoms with Crippen molar-refractivity contribution < 1.29 is 4.79 Å². The van der Waals surface area contributed by atoms with E-state index < -0.39 is 0 Å². The Morgan fingerprint density at radius 2 is 1.74 bits per heavy atom. The van der Waals surface area contributed by atoms with Crippen molar-refractivity contribution in [2.45, 2.75) is 12.8 Å². The van der Waals surface area contributed by atoms with Crippen LogP contribution in [0.5, 0.6) is 0 Å². The molecule has 3 heterocycles. The number of fused-ring (bicyclic) bond motifs is 1. The summed E-state index contributed by atoms with van der Waals surface area (Å²) in [6.45, 7) is 0. The van der Waals surface area contributed by atoms with E-state index >= 15 is 0 Å². The molecule has 0 amide bonds. The predicted octanol–water partition coefficient (Wildman–Crippen LogP) is 4.33. The Morgan fingerprint density at radius 1 is 0.852 bits per heavy atom. The molecule has 27 heavy (non-hydrogen) atoms. The van der Waals surface area contributed by atoms with Crippen molar-refractivity contribution in [2.24, 2.45) is 0 Å². The second-order valence-electron chi connectivity index (χ2n) is 6.58. The third-order valence-electron chi connectivity index (χ3n) is 4.91. The Bertz CT molecular complexity index is 1130. The van der Waals surface area contributed by atoms with E-state index in [4.69, 9.17) is 4.98 Å². The number of rotatable bonds is 3. The van der Waals surface area contributed by atoms with Gasteiger partial charge in [0.15, 0.2) is 5.78 Å². The molecule has 3 aromatic heterocycles. The number of aromatic nitrogens is 4. The molecule has 1 aliphatic carbocycles. The fraction of sp³-hybridized carbons (Fsp3) is 0.0909. The molecule has 0 bridgehead atoms. The number of nitrogens with zero attached hydrogens (tertiary/aromatic N) is 3. The quantitative estimate of drug-likeness (QED) is 0.596. The number of H-pyrrole nitrogens is 1. The lowest BCUT2D eigenvalue weighted by atomic mass is 10.0. The number of carbonyl (C=O) groups is 1. The van der Waals surface area contributed by atoms with E-state index in [0.717, 1.165) is 51.5 Å². The SMILES string of the molecule is O=C1CCc2cc(-c3nc(-c4cccnc4)[nH]c3-c3ccncc3)ccc21. The van der Waals surface area contributed by atoms with Crippen LogP contribution in [0.3, 0.4) is 0 Å². The molecule has 5 rings (SSSR count).